The van der Waals surface area contributed by atoms with Crippen molar-refractivity contribution in [1.82, 2.24) is 0 Å². The molecule has 0 bridgehead atoms. The summed E-state index contributed by atoms with van der Waals surface area (Å²) in [7, 11) is -3.97. The van der Waals surface area contributed by atoms with Crippen LogP contribution < -0.4 is 5.32 Å². The number of nitrogens with zero attached hydrogens (tertiary/aromatic N) is 1. The molecule has 0 aliphatic carbocycles. The van der Waals surface area contributed by atoms with Crippen LogP contribution in [0.5, 0.6) is 0 Å². The summed E-state index contributed by atoms with van der Waals surface area (Å²) >= 11 is 1.31. The van der Waals surface area contributed by atoms with E-state index in [1.165, 1.54) is 23.9 Å². The minimum Gasteiger partial charge on any atom is -0.349 e. The van der Waals surface area contributed by atoms with E-state index in [1.807, 2.05) is 69.3 Å². The second-order valence-corrected chi connectivity index (χ2v) is 10.2. The molecule has 0 aliphatic heterocycles. The highest BCUT2D eigenvalue weighted by molar-refractivity contribution is 8.04. The van der Waals surface area contributed by atoms with E-state index < -0.39 is 9.84 Å². The standard InChI is InChI=1S/C25H24N2O2S2/c1-18-9-11-21(12-10-18)17-30-25(27-22-14-19(2)13-20(3)15-22)24(16-26)31(28,29)23-7-5-4-6-8-23/h4-15,27H,17H2,1-3H3/b25-24+. The Morgan fingerprint density at radius 2 is 1.52 bits per heavy atom. The molecule has 3 aromatic rings. The summed E-state index contributed by atoms with van der Waals surface area (Å²) in [6.45, 7) is 5.98. The number of sulfone groups is 1. The number of hydrogen-bond acceptors (Lipinski definition) is 5. The second kappa shape index (κ2) is 9.86. The fraction of sp³-hybridized carbons (Fsp3) is 0.160. The molecular weight excluding hydrogens is 424 g/mol. The quantitative estimate of drug-likeness (QED) is 0.441. The number of nitriles is 1. The SMILES string of the molecule is Cc1ccc(CS/C(Nc2cc(C)cc(C)c2)=C(\C#N)S(=O)(=O)c2ccccc2)cc1. The van der Waals surface area contributed by atoms with Gasteiger partial charge in [-0.05, 0) is 61.7 Å². The molecule has 0 saturated heterocycles. The van der Waals surface area contributed by atoms with Crippen LogP contribution in [-0.4, -0.2) is 8.42 Å². The minimum atomic E-state index is -3.97. The van der Waals surface area contributed by atoms with Crippen molar-refractivity contribution in [2.75, 3.05) is 5.32 Å². The highest BCUT2D eigenvalue weighted by Gasteiger charge is 2.25. The third-order valence-corrected chi connectivity index (χ3v) is 7.54. The summed E-state index contributed by atoms with van der Waals surface area (Å²) < 4.78 is 26.5. The average molecular weight is 449 g/mol. The third-order valence-electron chi connectivity index (χ3n) is 4.61. The van der Waals surface area contributed by atoms with Crippen LogP contribution in [0.1, 0.15) is 22.3 Å². The molecule has 3 rings (SSSR count). The van der Waals surface area contributed by atoms with Crippen LogP contribution in [0.25, 0.3) is 0 Å². The molecule has 0 aliphatic rings. The van der Waals surface area contributed by atoms with Crippen molar-refractivity contribution in [2.24, 2.45) is 0 Å². The van der Waals surface area contributed by atoms with Gasteiger partial charge in [0.05, 0.1) is 4.90 Å². The van der Waals surface area contributed by atoms with E-state index in [9.17, 15) is 13.7 Å². The molecule has 0 unspecified atom stereocenters. The highest BCUT2D eigenvalue weighted by atomic mass is 32.2. The molecule has 4 nitrogen and oxygen atoms in total. The zero-order valence-electron chi connectivity index (χ0n) is 17.7. The lowest BCUT2D eigenvalue weighted by Gasteiger charge is -2.15. The van der Waals surface area contributed by atoms with E-state index in [2.05, 4.69) is 5.32 Å². The first-order valence-corrected chi connectivity index (χ1v) is 12.2. The number of benzene rings is 3. The Bertz CT molecular complexity index is 1220. The first-order chi connectivity index (χ1) is 14.8. The summed E-state index contributed by atoms with van der Waals surface area (Å²) in [6.07, 6.45) is 0. The van der Waals surface area contributed by atoms with Gasteiger partial charge in [-0.25, -0.2) is 8.42 Å². The maximum Gasteiger partial charge on any atom is 0.219 e. The monoisotopic (exact) mass is 448 g/mol. The van der Waals surface area contributed by atoms with Gasteiger partial charge in [-0.15, -0.1) is 11.8 Å². The lowest BCUT2D eigenvalue weighted by atomic mass is 10.1. The molecule has 6 heteroatoms. The van der Waals surface area contributed by atoms with Gasteiger partial charge in [0.25, 0.3) is 0 Å². The normalized spacial score (nSPS) is 12.1. The van der Waals surface area contributed by atoms with Crippen molar-refractivity contribution >= 4 is 27.3 Å². The van der Waals surface area contributed by atoms with E-state index in [-0.39, 0.29) is 9.80 Å². The molecule has 1 N–H and O–H groups in total. The smallest absolute Gasteiger partial charge is 0.219 e. The van der Waals surface area contributed by atoms with Gasteiger partial charge in [0.2, 0.25) is 9.84 Å². The zero-order chi connectivity index (χ0) is 22.4. The Balaban J connectivity index is 2.05. The van der Waals surface area contributed by atoms with Crippen LogP contribution in [-0.2, 0) is 15.6 Å². The van der Waals surface area contributed by atoms with Gasteiger partial charge in [0.15, 0.2) is 4.91 Å². The van der Waals surface area contributed by atoms with Gasteiger partial charge < -0.3 is 5.32 Å². The van der Waals surface area contributed by atoms with Crippen LogP contribution in [0.15, 0.2) is 87.6 Å². The maximum absolute atomic E-state index is 13.3. The van der Waals surface area contributed by atoms with Crippen LogP contribution in [0, 0.1) is 32.1 Å². The van der Waals surface area contributed by atoms with Crippen LogP contribution in [0.4, 0.5) is 5.69 Å². The van der Waals surface area contributed by atoms with Crippen molar-refractivity contribution in [1.29, 1.82) is 5.26 Å². The Kier molecular flexibility index (Phi) is 7.21. The van der Waals surface area contributed by atoms with Gasteiger partial charge in [-0.1, -0.05) is 54.1 Å². The van der Waals surface area contributed by atoms with Crippen molar-refractivity contribution in [3.05, 3.63) is 105 Å². The Morgan fingerprint density at radius 3 is 2.10 bits per heavy atom. The molecule has 0 atom stereocenters. The van der Waals surface area contributed by atoms with Gasteiger partial charge in [0, 0.05) is 11.4 Å². The molecule has 31 heavy (non-hydrogen) atoms. The third kappa shape index (κ3) is 5.78. The van der Waals surface area contributed by atoms with Gasteiger partial charge in [-0.2, -0.15) is 5.26 Å². The number of rotatable bonds is 7. The van der Waals surface area contributed by atoms with E-state index >= 15 is 0 Å². The molecule has 0 spiro atoms. The Morgan fingerprint density at radius 1 is 0.903 bits per heavy atom. The largest absolute Gasteiger partial charge is 0.349 e. The molecule has 0 heterocycles. The molecule has 158 valence electrons. The predicted octanol–water partition coefficient (Wildman–Crippen LogP) is 6.12. The molecule has 0 amide bonds. The van der Waals surface area contributed by atoms with Crippen molar-refractivity contribution in [2.45, 2.75) is 31.4 Å². The zero-order valence-corrected chi connectivity index (χ0v) is 19.3. The molecular formula is C25H24N2O2S2. The first kappa shape index (κ1) is 22.7. The number of aryl methyl sites for hydroxylation is 3. The number of hydrogen-bond donors (Lipinski definition) is 1. The average Bonchev–Trinajstić information content (AvgIpc) is 2.73. The molecule has 0 aromatic heterocycles. The maximum atomic E-state index is 13.3. The summed E-state index contributed by atoms with van der Waals surface area (Å²) in [5.41, 5.74) is 5.05. The Hall–Kier alpha value is -3.01. The fourth-order valence-corrected chi connectivity index (χ4v) is 5.67. The topological polar surface area (TPSA) is 70.0 Å². The fourth-order valence-electron chi connectivity index (χ4n) is 3.13. The number of nitrogens with one attached hydrogen (secondary N) is 1. The van der Waals surface area contributed by atoms with Gasteiger partial charge in [0.1, 0.15) is 11.1 Å². The number of thioether (sulfide) groups is 1. The van der Waals surface area contributed by atoms with Crippen molar-refractivity contribution in [3.8, 4) is 6.07 Å². The van der Waals surface area contributed by atoms with Crippen LogP contribution in [0.3, 0.4) is 0 Å². The van der Waals surface area contributed by atoms with Crippen LogP contribution in [0.2, 0.25) is 0 Å². The Labute approximate surface area is 188 Å². The van der Waals surface area contributed by atoms with Gasteiger partial charge in [-0.3, -0.25) is 0 Å². The predicted molar refractivity (Wildman–Crippen MR) is 128 cm³/mol. The van der Waals surface area contributed by atoms with E-state index in [0.717, 1.165) is 27.9 Å². The van der Waals surface area contributed by atoms with Gasteiger partial charge >= 0.3 is 0 Å². The van der Waals surface area contributed by atoms with Crippen molar-refractivity contribution < 1.29 is 8.42 Å². The minimum absolute atomic E-state index is 0.0993. The first-order valence-electron chi connectivity index (χ1n) is 9.78. The lowest BCUT2D eigenvalue weighted by Crippen LogP contribution is -2.10. The summed E-state index contributed by atoms with van der Waals surface area (Å²) in [5, 5.41) is 13.4. The molecule has 0 saturated carbocycles. The summed E-state index contributed by atoms with van der Waals surface area (Å²) in [5.74, 6) is 0.531. The van der Waals surface area contributed by atoms with Crippen LogP contribution >= 0.6 is 11.8 Å². The van der Waals surface area contributed by atoms with E-state index in [4.69, 9.17) is 0 Å². The second-order valence-electron chi connectivity index (χ2n) is 7.36. The summed E-state index contributed by atoms with van der Waals surface area (Å²) in [4.78, 5) is -0.183. The highest BCUT2D eigenvalue weighted by Crippen LogP contribution is 2.31. The van der Waals surface area contributed by atoms with E-state index in [1.54, 1.807) is 18.2 Å². The number of anilines is 1. The summed E-state index contributed by atoms with van der Waals surface area (Å²) in [6, 6.07) is 24.0. The van der Waals surface area contributed by atoms with Crippen molar-refractivity contribution in [3.63, 3.8) is 0 Å². The lowest BCUT2D eigenvalue weighted by molar-refractivity contribution is 0.603. The molecule has 0 radical (unpaired) electrons. The molecule has 0 fully saturated rings. The number of allylic oxidation sites excluding steroid dienone is 1. The molecule has 3 aromatic carbocycles. The van der Waals surface area contributed by atoms with E-state index in [0.29, 0.717) is 10.8 Å².